The second-order valence-corrected chi connectivity index (χ2v) is 5.87. The van der Waals surface area contributed by atoms with Gasteiger partial charge in [-0.1, -0.05) is 6.07 Å². The molecule has 1 N–H and O–H groups in total. The van der Waals surface area contributed by atoms with Gasteiger partial charge in [0.1, 0.15) is 11.6 Å². The van der Waals surface area contributed by atoms with Gasteiger partial charge in [0, 0.05) is 23.4 Å². The quantitative estimate of drug-likeness (QED) is 0.944. The Labute approximate surface area is 125 Å². The molecule has 1 heterocycles. The third kappa shape index (κ3) is 2.68. The van der Waals surface area contributed by atoms with E-state index in [1.54, 1.807) is 12.3 Å². The zero-order valence-electron chi connectivity index (χ0n) is 11.4. The Kier molecular flexibility index (Phi) is 3.71. The first kappa shape index (κ1) is 14.1. The first-order chi connectivity index (χ1) is 10.1. The van der Waals surface area contributed by atoms with E-state index in [9.17, 15) is 13.6 Å². The Morgan fingerprint density at radius 2 is 2.19 bits per heavy atom. The molecule has 3 rings (SSSR count). The monoisotopic (exact) mass is 308 g/mol. The Hall–Kier alpha value is -1.82. The highest BCUT2D eigenvalue weighted by Crippen LogP contribution is 2.38. The van der Waals surface area contributed by atoms with Crippen molar-refractivity contribution in [3.8, 4) is 0 Å². The molecule has 1 aliphatic carbocycles. The molecule has 1 aromatic carbocycles. The zero-order valence-corrected chi connectivity index (χ0v) is 12.2. The summed E-state index contributed by atoms with van der Waals surface area (Å²) in [6.45, 7) is 1.78. The second kappa shape index (κ2) is 5.52. The summed E-state index contributed by atoms with van der Waals surface area (Å²) in [5, 5.41) is 4.62. The maximum Gasteiger partial charge on any atom is 0.254 e. The van der Waals surface area contributed by atoms with Crippen molar-refractivity contribution in [2.24, 2.45) is 0 Å². The Balaban J connectivity index is 1.73. The summed E-state index contributed by atoms with van der Waals surface area (Å²) in [5.74, 6) is -1.41. The fourth-order valence-corrected chi connectivity index (χ4v) is 3.30. The van der Waals surface area contributed by atoms with Gasteiger partial charge in [-0.3, -0.25) is 4.79 Å². The van der Waals surface area contributed by atoms with Gasteiger partial charge in [-0.05, 0) is 42.9 Å². The summed E-state index contributed by atoms with van der Waals surface area (Å²) in [5.41, 5.74) is 1.72. The number of amides is 1. The van der Waals surface area contributed by atoms with Crippen molar-refractivity contribution in [3.63, 3.8) is 0 Å². The van der Waals surface area contributed by atoms with E-state index in [1.807, 2.05) is 0 Å². The molecular formula is C15H14F2N2OS. The molecule has 0 saturated heterocycles. The summed E-state index contributed by atoms with van der Waals surface area (Å²) >= 11 is 1.24. The van der Waals surface area contributed by atoms with Crippen LogP contribution in [0.2, 0.25) is 0 Å². The third-order valence-corrected chi connectivity index (χ3v) is 4.67. The van der Waals surface area contributed by atoms with E-state index < -0.39 is 11.6 Å². The molecular weight excluding hydrogens is 294 g/mol. The van der Waals surface area contributed by atoms with Crippen LogP contribution in [0.25, 0.3) is 0 Å². The summed E-state index contributed by atoms with van der Waals surface area (Å²) < 4.78 is 30.8. The van der Waals surface area contributed by atoms with Crippen LogP contribution in [0, 0.1) is 18.6 Å². The normalized spacial score (nSPS) is 20.9. The largest absolute Gasteiger partial charge is 0.349 e. The molecule has 0 unspecified atom stereocenters. The predicted octanol–water partition coefficient (Wildman–Crippen LogP) is 3.41. The van der Waals surface area contributed by atoms with Gasteiger partial charge in [0.05, 0.1) is 11.3 Å². The minimum atomic E-state index is -0.587. The van der Waals surface area contributed by atoms with Crippen LogP contribution in [0.4, 0.5) is 8.78 Å². The molecule has 1 aliphatic rings. The topological polar surface area (TPSA) is 42.0 Å². The Morgan fingerprint density at radius 3 is 2.76 bits per heavy atom. The average Bonchev–Trinajstić information content (AvgIpc) is 2.84. The molecule has 110 valence electrons. The molecule has 1 saturated carbocycles. The van der Waals surface area contributed by atoms with Crippen LogP contribution in [0.15, 0.2) is 23.6 Å². The predicted molar refractivity (Wildman–Crippen MR) is 76.4 cm³/mol. The lowest BCUT2D eigenvalue weighted by Gasteiger charge is -2.37. The summed E-state index contributed by atoms with van der Waals surface area (Å²) in [6, 6.07) is 3.49. The molecule has 1 amide bonds. The van der Waals surface area contributed by atoms with Crippen LogP contribution in [0.5, 0.6) is 0 Å². The molecule has 3 nitrogen and oxygen atoms in total. The summed E-state index contributed by atoms with van der Waals surface area (Å²) in [7, 11) is 0. The molecule has 0 aliphatic heterocycles. The summed E-state index contributed by atoms with van der Waals surface area (Å²) in [4.78, 5) is 12.1. The van der Waals surface area contributed by atoms with E-state index in [1.165, 1.54) is 23.7 Å². The van der Waals surface area contributed by atoms with Crippen molar-refractivity contribution in [2.75, 3.05) is 0 Å². The lowest BCUT2D eigenvalue weighted by Crippen LogP contribution is -2.45. The molecule has 0 spiro atoms. The van der Waals surface area contributed by atoms with Gasteiger partial charge >= 0.3 is 0 Å². The number of aromatic nitrogens is 1. The van der Waals surface area contributed by atoms with E-state index in [4.69, 9.17) is 0 Å². The van der Waals surface area contributed by atoms with Crippen LogP contribution in [-0.2, 0) is 0 Å². The Morgan fingerprint density at radius 1 is 1.38 bits per heavy atom. The summed E-state index contributed by atoms with van der Waals surface area (Å²) in [6.07, 6.45) is 1.58. The molecule has 0 radical (unpaired) electrons. The minimum Gasteiger partial charge on any atom is -0.349 e. The lowest BCUT2D eigenvalue weighted by molar-refractivity contribution is 0.0903. The van der Waals surface area contributed by atoms with Crippen molar-refractivity contribution >= 4 is 17.4 Å². The van der Waals surface area contributed by atoms with Gasteiger partial charge in [-0.25, -0.2) is 8.78 Å². The zero-order chi connectivity index (χ0) is 15.0. The molecule has 1 fully saturated rings. The fourth-order valence-electron chi connectivity index (χ4n) is 2.60. The number of hydrogen-bond donors (Lipinski definition) is 1. The first-order valence-corrected chi connectivity index (χ1v) is 7.56. The van der Waals surface area contributed by atoms with Gasteiger partial charge < -0.3 is 5.32 Å². The van der Waals surface area contributed by atoms with Crippen LogP contribution in [-0.4, -0.2) is 16.3 Å². The number of carbonyl (C=O) groups is 1. The van der Waals surface area contributed by atoms with Crippen LogP contribution < -0.4 is 5.32 Å². The first-order valence-electron chi connectivity index (χ1n) is 6.73. The molecule has 2 atom stereocenters. The standard InChI is InChI=1S/C15H14F2N2OS/c1-8-12(7-21-19-8)15(20)18-14-5-4-11(14)10-3-2-9(16)6-13(10)17/h2-3,6-7,11,14H,4-5H2,1H3,(H,18,20)/t11-,14-/m0/s1. The smallest absolute Gasteiger partial charge is 0.254 e. The van der Waals surface area contributed by atoms with Gasteiger partial charge in [-0.2, -0.15) is 4.37 Å². The van der Waals surface area contributed by atoms with Crippen molar-refractivity contribution in [1.29, 1.82) is 0 Å². The van der Waals surface area contributed by atoms with Crippen LogP contribution in [0.3, 0.4) is 0 Å². The van der Waals surface area contributed by atoms with Gasteiger partial charge in [0.2, 0.25) is 0 Å². The highest BCUT2D eigenvalue weighted by molar-refractivity contribution is 7.03. The maximum atomic E-state index is 13.8. The molecule has 21 heavy (non-hydrogen) atoms. The molecule has 6 heteroatoms. The lowest BCUT2D eigenvalue weighted by atomic mass is 9.74. The maximum absolute atomic E-state index is 13.8. The van der Waals surface area contributed by atoms with E-state index in [0.717, 1.165) is 18.9 Å². The van der Waals surface area contributed by atoms with Crippen molar-refractivity contribution in [2.45, 2.75) is 31.7 Å². The van der Waals surface area contributed by atoms with Crippen LogP contribution >= 0.6 is 11.5 Å². The highest BCUT2D eigenvalue weighted by atomic mass is 32.1. The van der Waals surface area contributed by atoms with Gasteiger partial charge in [0.15, 0.2) is 0 Å². The molecule has 1 aromatic heterocycles. The average molecular weight is 308 g/mol. The number of halogens is 2. The third-order valence-electron chi connectivity index (χ3n) is 3.95. The van der Waals surface area contributed by atoms with Crippen molar-refractivity contribution < 1.29 is 13.6 Å². The number of nitrogens with one attached hydrogen (secondary N) is 1. The highest BCUT2D eigenvalue weighted by Gasteiger charge is 2.35. The Bertz CT molecular complexity index is 686. The van der Waals surface area contributed by atoms with Gasteiger partial charge in [-0.15, -0.1) is 0 Å². The van der Waals surface area contributed by atoms with Crippen LogP contribution in [0.1, 0.15) is 40.4 Å². The van der Waals surface area contributed by atoms with Gasteiger partial charge in [0.25, 0.3) is 5.91 Å². The number of nitrogens with zero attached hydrogens (tertiary/aromatic N) is 1. The number of benzene rings is 1. The number of carbonyl (C=O) groups excluding carboxylic acids is 1. The molecule has 0 bridgehead atoms. The minimum absolute atomic E-state index is 0.0959. The second-order valence-electron chi connectivity index (χ2n) is 5.24. The van der Waals surface area contributed by atoms with E-state index in [-0.39, 0.29) is 17.9 Å². The van der Waals surface area contributed by atoms with Crippen molar-refractivity contribution in [3.05, 3.63) is 52.0 Å². The van der Waals surface area contributed by atoms with E-state index >= 15 is 0 Å². The number of rotatable bonds is 3. The number of hydrogen-bond acceptors (Lipinski definition) is 3. The SMILES string of the molecule is Cc1nscc1C(=O)N[C@H]1CC[C@H]1c1ccc(F)cc1F. The van der Waals surface area contributed by atoms with E-state index in [2.05, 4.69) is 9.69 Å². The fraction of sp³-hybridized carbons (Fsp3) is 0.333. The van der Waals surface area contributed by atoms with Crippen molar-refractivity contribution in [1.82, 2.24) is 9.69 Å². The molecule has 2 aromatic rings. The number of aryl methyl sites for hydroxylation is 1. The van der Waals surface area contributed by atoms with E-state index in [0.29, 0.717) is 16.8 Å².